The van der Waals surface area contributed by atoms with Gasteiger partial charge >= 0.3 is 0 Å². The highest BCUT2D eigenvalue weighted by Crippen LogP contribution is 2.22. The minimum absolute atomic E-state index is 0.288. The van der Waals surface area contributed by atoms with Crippen LogP contribution >= 0.6 is 11.6 Å². The lowest BCUT2D eigenvalue weighted by atomic mass is 10.1. The van der Waals surface area contributed by atoms with Gasteiger partial charge < -0.3 is 10.3 Å². The molecule has 1 aliphatic rings. The lowest BCUT2D eigenvalue weighted by molar-refractivity contribution is 0.464. The van der Waals surface area contributed by atoms with E-state index in [9.17, 15) is 8.42 Å². The number of H-pyrrole nitrogens is 1. The Morgan fingerprint density at radius 2 is 2.05 bits per heavy atom. The Morgan fingerprint density at radius 1 is 1.30 bits per heavy atom. The molecule has 1 fully saturated rings. The van der Waals surface area contributed by atoms with Crippen molar-refractivity contribution in [1.29, 1.82) is 0 Å². The molecule has 0 unspecified atom stereocenters. The number of aromatic nitrogens is 1. The van der Waals surface area contributed by atoms with Crippen LogP contribution < -0.4 is 5.32 Å². The zero-order chi connectivity index (χ0) is 14.2. The van der Waals surface area contributed by atoms with Crippen molar-refractivity contribution in [2.75, 3.05) is 11.5 Å². The summed E-state index contributed by atoms with van der Waals surface area (Å²) < 4.78 is 22.8. The van der Waals surface area contributed by atoms with Gasteiger partial charge in [-0.2, -0.15) is 0 Å². The van der Waals surface area contributed by atoms with Crippen LogP contribution in [-0.2, 0) is 16.4 Å². The molecule has 4 nitrogen and oxygen atoms in total. The molecule has 3 rings (SSSR count). The molecule has 108 valence electrons. The number of benzene rings is 1. The van der Waals surface area contributed by atoms with Crippen molar-refractivity contribution in [2.45, 2.75) is 25.4 Å². The highest BCUT2D eigenvalue weighted by atomic mass is 35.5. The number of sulfone groups is 1. The predicted octanol–water partition coefficient (Wildman–Crippen LogP) is 2.49. The van der Waals surface area contributed by atoms with Gasteiger partial charge in [-0.3, -0.25) is 0 Å². The van der Waals surface area contributed by atoms with E-state index in [1.165, 1.54) is 5.56 Å². The van der Waals surface area contributed by atoms with Gasteiger partial charge in [0.05, 0.1) is 11.5 Å². The summed E-state index contributed by atoms with van der Waals surface area (Å²) in [5.41, 5.74) is 2.21. The van der Waals surface area contributed by atoms with Crippen LogP contribution in [0, 0.1) is 0 Å². The van der Waals surface area contributed by atoms with Gasteiger partial charge in [-0.15, -0.1) is 0 Å². The summed E-state index contributed by atoms with van der Waals surface area (Å²) in [5.74, 6) is 0.600. The molecule has 2 N–H and O–H groups in total. The van der Waals surface area contributed by atoms with Crippen LogP contribution in [0.5, 0.6) is 0 Å². The molecule has 0 spiro atoms. The van der Waals surface area contributed by atoms with Crippen molar-refractivity contribution in [3.05, 3.63) is 35.0 Å². The third-order valence-electron chi connectivity index (χ3n) is 3.87. The second-order valence-electron chi connectivity index (χ2n) is 5.31. The minimum atomic E-state index is -2.79. The molecule has 0 radical (unpaired) electrons. The Labute approximate surface area is 123 Å². The number of nitrogens with one attached hydrogen (secondary N) is 2. The fourth-order valence-electron chi connectivity index (χ4n) is 2.65. The van der Waals surface area contributed by atoms with Crippen LogP contribution in [0.4, 0.5) is 0 Å². The summed E-state index contributed by atoms with van der Waals surface area (Å²) in [6.45, 7) is 0.742. The van der Waals surface area contributed by atoms with Crippen molar-refractivity contribution >= 4 is 32.3 Å². The molecule has 1 aliphatic heterocycles. The summed E-state index contributed by atoms with van der Waals surface area (Å²) >= 11 is 5.96. The third kappa shape index (κ3) is 3.00. The summed E-state index contributed by atoms with van der Waals surface area (Å²) in [4.78, 5) is 3.21. The Kier molecular flexibility index (Phi) is 3.75. The molecule has 20 heavy (non-hydrogen) atoms. The van der Waals surface area contributed by atoms with E-state index in [4.69, 9.17) is 11.6 Å². The van der Waals surface area contributed by atoms with E-state index in [0.29, 0.717) is 24.3 Å². The average Bonchev–Trinajstić information content (AvgIpc) is 2.80. The normalized spacial score (nSPS) is 19.4. The van der Waals surface area contributed by atoms with Crippen molar-refractivity contribution in [1.82, 2.24) is 10.3 Å². The van der Waals surface area contributed by atoms with Crippen LogP contribution in [0.1, 0.15) is 18.4 Å². The Hall–Kier alpha value is -1.04. The maximum atomic E-state index is 11.4. The SMILES string of the molecule is O=S1(=O)CCC(NCc2c[nH]c3cc(Cl)ccc23)CC1. The second kappa shape index (κ2) is 5.39. The van der Waals surface area contributed by atoms with Crippen LogP contribution in [0.25, 0.3) is 10.9 Å². The van der Waals surface area contributed by atoms with Gasteiger partial charge in [0.1, 0.15) is 9.84 Å². The van der Waals surface area contributed by atoms with E-state index in [1.807, 2.05) is 24.4 Å². The lowest BCUT2D eigenvalue weighted by Crippen LogP contribution is -2.37. The lowest BCUT2D eigenvalue weighted by Gasteiger charge is -2.23. The first-order valence-electron chi connectivity index (χ1n) is 6.73. The summed E-state index contributed by atoms with van der Waals surface area (Å²) in [6, 6.07) is 6.09. The molecular weight excluding hydrogens is 296 g/mol. The van der Waals surface area contributed by atoms with Crippen LogP contribution in [0.3, 0.4) is 0 Å². The second-order valence-corrected chi connectivity index (χ2v) is 8.05. The van der Waals surface area contributed by atoms with Crippen LogP contribution in [0.2, 0.25) is 5.02 Å². The zero-order valence-corrected chi connectivity index (χ0v) is 12.6. The molecule has 1 aromatic heterocycles. The number of fused-ring (bicyclic) bond motifs is 1. The van der Waals surface area contributed by atoms with Gasteiger partial charge in [0.2, 0.25) is 0 Å². The van der Waals surface area contributed by atoms with Gasteiger partial charge in [0.25, 0.3) is 0 Å². The van der Waals surface area contributed by atoms with Crippen molar-refractivity contribution < 1.29 is 8.42 Å². The molecule has 0 aliphatic carbocycles. The smallest absolute Gasteiger partial charge is 0.150 e. The van der Waals surface area contributed by atoms with Crippen molar-refractivity contribution in [3.8, 4) is 0 Å². The Bertz CT molecular complexity index is 710. The van der Waals surface area contributed by atoms with Crippen molar-refractivity contribution in [3.63, 3.8) is 0 Å². The summed E-state index contributed by atoms with van der Waals surface area (Å²) in [6.07, 6.45) is 3.39. The van der Waals surface area contributed by atoms with Crippen LogP contribution in [-0.4, -0.2) is 30.9 Å². The maximum Gasteiger partial charge on any atom is 0.150 e. The highest BCUT2D eigenvalue weighted by molar-refractivity contribution is 7.91. The van der Waals surface area contributed by atoms with Crippen LogP contribution in [0.15, 0.2) is 24.4 Å². The number of hydrogen-bond acceptors (Lipinski definition) is 3. The largest absolute Gasteiger partial charge is 0.361 e. The number of rotatable bonds is 3. The Balaban J connectivity index is 1.66. The first-order valence-corrected chi connectivity index (χ1v) is 8.93. The zero-order valence-electron chi connectivity index (χ0n) is 11.0. The highest BCUT2D eigenvalue weighted by Gasteiger charge is 2.23. The fourth-order valence-corrected chi connectivity index (χ4v) is 4.32. The topological polar surface area (TPSA) is 62.0 Å². The molecule has 0 atom stereocenters. The quantitative estimate of drug-likeness (QED) is 0.915. The predicted molar refractivity (Wildman–Crippen MR) is 81.8 cm³/mol. The average molecular weight is 313 g/mol. The first-order chi connectivity index (χ1) is 9.53. The fraction of sp³-hybridized carbons (Fsp3) is 0.429. The van der Waals surface area contributed by atoms with E-state index in [2.05, 4.69) is 10.3 Å². The van der Waals surface area contributed by atoms with Gasteiger partial charge in [-0.1, -0.05) is 17.7 Å². The number of hydrogen-bond donors (Lipinski definition) is 2. The number of aromatic amines is 1. The van der Waals surface area contributed by atoms with E-state index >= 15 is 0 Å². The van der Waals surface area contributed by atoms with E-state index in [0.717, 1.165) is 22.5 Å². The summed E-state index contributed by atoms with van der Waals surface area (Å²) in [5, 5.41) is 5.33. The molecule has 6 heteroatoms. The van der Waals surface area contributed by atoms with E-state index in [1.54, 1.807) is 0 Å². The van der Waals surface area contributed by atoms with Gasteiger partial charge in [0.15, 0.2) is 0 Å². The monoisotopic (exact) mass is 312 g/mol. The van der Waals surface area contributed by atoms with E-state index in [-0.39, 0.29) is 6.04 Å². The van der Waals surface area contributed by atoms with Crippen molar-refractivity contribution in [2.24, 2.45) is 0 Å². The van der Waals surface area contributed by atoms with Gasteiger partial charge in [-0.05, 0) is 30.5 Å². The molecule has 0 amide bonds. The Morgan fingerprint density at radius 3 is 2.80 bits per heavy atom. The number of halogens is 1. The molecule has 1 saturated heterocycles. The summed E-state index contributed by atoms with van der Waals surface area (Å²) in [7, 11) is -2.79. The minimum Gasteiger partial charge on any atom is -0.361 e. The third-order valence-corrected chi connectivity index (χ3v) is 5.82. The standard InChI is InChI=1S/C14H17ClN2O2S/c15-11-1-2-13-10(9-17-14(13)7-11)8-16-12-3-5-20(18,19)6-4-12/h1-2,7,9,12,16-17H,3-6,8H2. The molecule has 2 aromatic rings. The maximum absolute atomic E-state index is 11.4. The molecule has 0 bridgehead atoms. The van der Waals surface area contributed by atoms with Gasteiger partial charge in [0, 0.05) is 34.7 Å². The molecule has 1 aromatic carbocycles. The molecule has 2 heterocycles. The van der Waals surface area contributed by atoms with Gasteiger partial charge in [-0.25, -0.2) is 8.42 Å². The first kappa shape index (κ1) is 13.9. The molecular formula is C14H17ClN2O2S. The van der Waals surface area contributed by atoms with E-state index < -0.39 is 9.84 Å². The molecule has 0 saturated carbocycles.